The summed E-state index contributed by atoms with van der Waals surface area (Å²) in [7, 11) is -3.73. The largest absolute Gasteiger partial charge is 0.479 e. The highest BCUT2D eigenvalue weighted by molar-refractivity contribution is 7.89. The van der Waals surface area contributed by atoms with Gasteiger partial charge in [0.25, 0.3) is 0 Å². The number of hydrogen-bond acceptors (Lipinski definition) is 5. The zero-order chi connectivity index (χ0) is 20.4. The Labute approximate surface area is 159 Å². The molecule has 150 valence electrons. The van der Waals surface area contributed by atoms with Gasteiger partial charge in [0.15, 0.2) is 5.60 Å². The lowest BCUT2D eigenvalue weighted by molar-refractivity contribution is -0.165. The van der Waals surface area contributed by atoms with Gasteiger partial charge in [0, 0.05) is 38.9 Å². The van der Waals surface area contributed by atoms with Crippen molar-refractivity contribution >= 4 is 21.9 Å². The van der Waals surface area contributed by atoms with E-state index < -0.39 is 21.6 Å². The van der Waals surface area contributed by atoms with Crippen LogP contribution in [-0.4, -0.2) is 60.6 Å². The van der Waals surface area contributed by atoms with Crippen molar-refractivity contribution in [2.24, 2.45) is 0 Å². The van der Waals surface area contributed by atoms with Crippen LogP contribution in [-0.2, 0) is 19.6 Å². The Bertz CT molecular complexity index is 818. The number of rotatable bonds is 6. The second-order valence-corrected chi connectivity index (χ2v) is 8.80. The highest BCUT2D eigenvalue weighted by Crippen LogP contribution is 2.23. The maximum absolute atomic E-state index is 12.6. The third kappa shape index (κ3) is 4.85. The van der Waals surface area contributed by atoms with Crippen LogP contribution in [0.15, 0.2) is 17.0 Å². The van der Waals surface area contributed by atoms with Gasteiger partial charge < -0.3 is 15.1 Å². The number of aryl methyl sites for hydroxylation is 3. The highest BCUT2D eigenvalue weighted by Gasteiger charge is 2.40. The number of carbonyl (C=O) groups is 2. The number of aliphatic carboxylic acids is 1. The predicted octanol–water partition coefficient (Wildman–Crippen LogP) is 0.718. The number of hydrogen-bond donors (Lipinski definition) is 3. The van der Waals surface area contributed by atoms with Gasteiger partial charge in [-0.3, -0.25) is 4.79 Å². The zero-order valence-corrected chi connectivity index (χ0v) is 16.6. The number of carbonyl (C=O) groups excluding carboxylic acids is 1. The number of benzene rings is 1. The number of likely N-dealkylation sites (tertiary alicyclic amines) is 1. The Kier molecular flexibility index (Phi) is 6.28. The number of carboxylic acids is 1. The standard InChI is InChI=1S/C18H26N2O6S/c1-12-10-13(2)16(14(3)11-12)27(25,26)19-7-4-15(21)20-8-5-18(24,6-9-20)17(22)23/h10-11,19,24H,4-9H2,1-3H3,(H,22,23). The van der Waals surface area contributed by atoms with Crippen LogP contribution < -0.4 is 4.72 Å². The van der Waals surface area contributed by atoms with Crippen molar-refractivity contribution in [2.45, 2.75) is 50.5 Å². The van der Waals surface area contributed by atoms with E-state index >= 15 is 0 Å². The van der Waals surface area contributed by atoms with E-state index in [-0.39, 0.29) is 49.7 Å². The van der Waals surface area contributed by atoms with E-state index in [2.05, 4.69) is 4.72 Å². The molecular weight excluding hydrogens is 372 g/mol. The normalized spacial score (nSPS) is 17.0. The van der Waals surface area contributed by atoms with Crippen LogP contribution in [0.2, 0.25) is 0 Å². The summed E-state index contributed by atoms with van der Waals surface area (Å²) in [6.45, 7) is 5.57. The molecule has 1 aliphatic rings. The Balaban J connectivity index is 1.93. The van der Waals surface area contributed by atoms with Gasteiger partial charge in [-0.05, 0) is 31.9 Å². The van der Waals surface area contributed by atoms with Crippen molar-refractivity contribution in [3.63, 3.8) is 0 Å². The van der Waals surface area contributed by atoms with Gasteiger partial charge in [-0.15, -0.1) is 0 Å². The van der Waals surface area contributed by atoms with Gasteiger partial charge in [0.05, 0.1) is 4.90 Å². The third-order valence-electron chi connectivity index (χ3n) is 4.85. The number of carboxylic acid groups (broad SMARTS) is 1. The molecule has 0 aromatic heterocycles. The molecule has 1 aromatic carbocycles. The monoisotopic (exact) mass is 398 g/mol. The van der Waals surface area contributed by atoms with Gasteiger partial charge in [-0.25, -0.2) is 17.9 Å². The first kappa shape index (κ1) is 21.3. The maximum atomic E-state index is 12.6. The highest BCUT2D eigenvalue weighted by atomic mass is 32.2. The molecule has 0 atom stereocenters. The molecule has 9 heteroatoms. The summed E-state index contributed by atoms with van der Waals surface area (Å²) in [4.78, 5) is 24.9. The molecule has 0 spiro atoms. The molecule has 1 aromatic rings. The van der Waals surface area contributed by atoms with E-state index in [9.17, 15) is 23.1 Å². The van der Waals surface area contributed by atoms with Gasteiger partial charge >= 0.3 is 5.97 Å². The number of amides is 1. The number of sulfonamides is 1. The summed E-state index contributed by atoms with van der Waals surface area (Å²) in [5.74, 6) is -1.56. The first-order valence-corrected chi connectivity index (χ1v) is 10.3. The summed E-state index contributed by atoms with van der Waals surface area (Å²) in [6, 6.07) is 3.59. The van der Waals surface area contributed by atoms with Gasteiger partial charge in [0.2, 0.25) is 15.9 Å². The Hall–Kier alpha value is -1.97. The average Bonchev–Trinajstić information content (AvgIpc) is 2.53. The van der Waals surface area contributed by atoms with Gasteiger partial charge in [0.1, 0.15) is 0 Å². The Morgan fingerprint density at radius 1 is 1.15 bits per heavy atom. The molecule has 0 bridgehead atoms. The van der Waals surface area contributed by atoms with Crippen molar-refractivity contribution in [2.75, 3.05) is 19.6 Å². The fourth-order valence-electron chi connectivity index (χ4n) is 3.45. The molecule has 1 saturated heterocycles. The van der Waals surface area contributed by atoms with Crippen LogP contribution in [0, 0.1) is 20.8 Å². The van der Waals surface area contributed by atoms with Crippen molar-refractivity contribution in [3.8, 4) is 0 Å². The molecule has 2 rings (SSSR count). The number of piperidine rings is 1. The molecule has 27 heavy (non-hydrogen) atoms. The van der Waals surface area contributed by atoms with E-state index in [1.54, 1.807) is 26.0 Å². The van der Waals surface area contributed by atoms with Crippen LogP contribution in [0.4, 0.5) is 0 Å². The molecule has 0 saturated carbocycles. The molecule has 0 aliphatic carbocycles. The number of nitrogens with zero attached hydrogens (tertiary/aromatic N) is 1. The molecule has 0 radical (unpaired) electrons. The SMILES string of the molecule is Cc1cc(C)c(S(=O)(=O)NCCC(=O)N2CCC(O)(C(=O)O)CC2)c(C)c1. The molecule has 1 heterocycles. The summed E-state index contributed by atoms with van der Waals surface area (Å²) < 4.78 is 27.6. The van der Waals surface area contributed by atoms with E-state index in [0.717, 1.165) is 5.56 Å². The quantitative estimate of drug-likeness (QED) is 0.649. The molecule has 0 unspecified atom stereocenters. The zero-order valence-electron chi connectivity index (χ0n) is 15.8. The molecule has 1 amide bonds. The average molecular weight is 398 g/mol. The molecular formula is C18H26N2O6S. The lowest BCUT2D eigenvalue weighted by atomic mass is 9.91. The minimum absolute atomic E-state index is 0.0330. The lowest BCUT2D eigenvalue weighted by Gasteiger charge is -2.35. The van der Waals surface area contributed by atoms with E-state index in [0.29, 0.717) is 11.1 Å². The lowest BCUT2D eigenvalue weighted by Crippen LogP contribution is -2.51. The Morgan fingerprint density at radius 3 is 2.15 bits per heavy atom. The van der Waals surface area contributed by atoms with Crippen LogP contribution in [0.5, 0.6) is 0 Å². The van der Waals surface area contributed by atoms with Crippen molar-refractivity contribution in [3.05, 3.63) is 28.8 Å². The topological polar surface area (TPSA) is 124 Å². The summed E-state index contributed by atoms with van der Waals surface area (Å²) >= 11 is 0. The fourth-order valence-corrected chi connectivity index (χ4v) is 4.93. The van der Waals surface area contributed by atoms with Crippen molar-refractivity contribution in [1.82, 2.24) is 9.62 Å². The second kappa shape index (κ2) is 7.95. The summed E-state index contributed by atoms with van der Waals surface area (Å²) in [5.41, 5.74) is 0.481. The van der Waals surface area contributed by atoms with Crippen LogP contribution in [0.25, 0.3) is 0 Å². The predicted molar refractivity (Wildman–Crippen MR) is 98.9 cm³/mol. The number of aliphatic hydroxyl groups is 1. The minimum atomic E-state index is -3.73. The van der Waals surface area contributed by atoms with Crippen molar-refractivity contribution < 1.29 is 28.2 Å². The van der Waals surface area contributed by atoms with Crippen LogP contribution >= 0.6 is 0 Å². The van der Waals surface area contributed by atoms with E-state index in [1.807, 2.05) is 6.92 Å². The van der Waals surface area contributed by atoms with Gasteiger partial charge in [-0.2, -0.15) is 0 Å². The first-order valence-electron chi connectivity index (χ1n) is 8.77. The molecule has 8 nitrogen and oxygen atoms in total. The second-order valence-electron chi connectivity index (χ2n) is 7.09. The van der Waals surface area contributed by atoms with Gasteiger partial charge in [-0.1, -0.05) is 17.7 Å². The van der Waals surface area contributed by atoms with E-state index in [4.69, 9.17) is 5.11 Å². The van der Waals surface area contributed by atoms with Crippen LogP contribution in [0.3, 0.4) is 0 Å². The smallest absolute Gasteiger partial charge is 0.335 e. The third-order valence-corrected chi connectivity index (χ3v) is 6.61. The first-order chi connectivity index (χ1) is 12.5. The summed E-state index contributed by atoms with van der Waals surface area (Å²) in [6.07, 6.45) is -0.113. The van der Waals surface area contributed by atoms with Crippen LogP contribution in [0.1, 0.15) is 36.0 Å². The molecule has 1 aliphatic heterocycles. The summed E-state index contributed by atoms with van der Waals surface area (Å²) in [5, 5.41) is 18.9. The molecule has 1 fully saturated rings. The maximum Gasteiger partial charge on any atom is 0.335 e. The Morgan fingerprint density at radius 2 is 1.67 bits per heavy atom. The minimum Gasteiger partial charge on any atom is -0.479 e. The number of nitrogens with one attached hydrogen (secondary N) is 1. The van der Waals surface area contributed by atoms with Crippen molar-refractivity contribution in [1.29, 1.82) is 0 Å². The fraction of sp³-hybridized carbons (Fsp3) is 0.556. The van der Waals surface area contributed by atoms with E-state index in [1.165, 1.54) is 4.90 Å². The molecule has 3 N–H and O–H groups in total.